The molecule has 0 aliphatic heterocycles. The average molecular weight is 444 g/mol. The van der Waals surface area contributed by atoms with Crippen LogP contribution in [0.4, 0.5) is 5.82 Å². The van der Waals surface area contributed by atoms with Crippen molar-refractivity contribution in [1.82, 2.24) is 9.78 Å². The van der Waals surface area contributed by atoms with Gasteiger partial charge in [0.25, 0.3) is 0 Å². The Hall–Kier alpha value is -4.44. The van der Waals surface area contributed by atoms with E-state index in [0.717, 1.165) is 39.6 Å². The summed E-state index contributed by atoms with van der Waals surface area (Å²) in [5.41, 5.74) is 6.30. The van der Waals surface area contributed by atoms with Gasteiger partial charge in [0.1, 0.15) is 12.4 Å². The summed E-state index contributed by atoms with van der Waals surface area (Å²) in [6.45, 7) is 2.64. The van der Waals surface area contributed by atoms with E-state index in [1.807, 2.05) is 89.8 Å². The van der Waals surface area contributed by atoms with Gasteiger partial charge in [0.05, 0.1) is 11.4 Å². The summed E-state index contributed by atoms with van der Waals surface area (Å²) in [5, 5.41) is 4.82. The number of hydrogen-bond donors (Lipinski definition) is 0. The molecule has 5 aromatic rings. The van der Waals surface area contributed by atoms with Gasteiger partial charge in [0.2, 0.25) is 0 Å². The first kappa shape index (κ1) is 21.4. The van der Waals surface area contributed by atoms with Crippen molar-refractivity contribution in [2.75, 3.05) is 0 Å². The molecule has 0 spiro atoms. The van der Waals surface area contributed by atoms with Crippen LogP contribution >= 0.6 is 0 Å². The fourth-order valence-corrected chi connectivity index (χ4v) is 3.73. The second-order valence-electron chi connectivity index (χ2n) is 8.11. The number of hydrogen-bond acceptors (Lipinski definition) is 3. The topological polar surface area (TPSA) is 39.4 Å². The van der Waals surface area contributed by atoms with Gasteiger partial charge in [-0.1, -0.05) is 78.4 Å². The van der Waals surface area contributed by atoms with Crippen LogP contribution in [0.1, 0.15) is 16.7 Å². The molecule has 0 aliphatic carbocycles. The highest BCUT2D eigenvalue weighted by atomic mass is 16.5. The molecule has 166 valence electrons. The van der Waals surface area contributed by atoms with Crippen molar-refractivity contribution in [1.29, 1.82) is 0 Å². The lowest BCUT2D eigenvalue weighted by atomic mass is 10.1. The molecule has 5 rings (SSSR count). The molecular formula is C30H25N3O. The van der Waals surface area contributed by atoms with Crippen LogP contribution in [0.2, 0.25) is 0 Å². The minimum atomic E-state index is 0.549. The molecule has 0 radical (unpaired) electrons. The van der Waals surface area contributed by atoms with Crippen LogP contribution in [0.5, 0.6) is 5.75 Å². The molecule has 0 fully saturated rings. The van der Waals surface area contributed by atoms with E-state index in [2.05, 4.69) is 43.3 Å². The van der Waals surface area contributed by atoms with Crippen LogP contribution in [0.3, 0.4) is 0 Å². The molecule has 4 aromatic carbocycles. The maximum absolute atomic E-state index is 5.94. The van der Waals surface area contributed by atoms with E-state index >= 15 is 0 Å². The Kier molecular flexibility index (Phi) is 6.30. The normalized spacial score (nSPS) is 11.1. The Morgan fingerprint density at radius 1 is 0.794 bits per heavy atom. The molecule has 1 aromatic heterocycles. The molecule has 0 amide bonds. The van der Waals surface area contributed by atoms with E-state index < -0.39 is 0 Å². The zero-order chi connectivity index (χ0) is 23.2. The third kappa shape index (κ3) is 5.13. The molecule has 0 N–H and O–H groups in total. The Morgan fingerprint density at radius 3 is 2.26 bits per heavy atom. The number of rotatable bonds is 7. The van der Waals surface area contributed by atoms with Crippen molar-refractivity contribution in [3.63, 3.8) is 0 Å². The van der Waals surface area contributed by atoms with E-state index in [9.17, 15) is 0 Å². The van der Waals surface area contributed by atoms with Crippen molar-refractivity contribution in [3.05, 3.63) is 132 Å². The van der Waals surface area contributed by atoms with Gasteiger partial charge in [0.15, 0.2) is 5.82 Å². The number of para-hydroxylation sites is 1. The fourth-order valence-electron chi connectivity index (χ4n) is 3.73. The van der Waals surface area contributed by atoms with Crippen LogP contribution < -0.4 is 4.74 Å². The first-order valence-corrected chi connectivity index (χ1v) is 11.3. The third-order valence-corrected chi connectivity index (χ3v) is 5.47. The van der Waals surface area contributed by atoms with Gasteiger partial charge in [-0.25, -0.2) is 9.67 Å². The number of nitrogens with zero attached hydrogens (tertiary/aromatic N) is 3. The van der Waals surface area contributed by atoms with Crippen molar-refractivity contribution in [2.24, 2.45) is 4.99 Å². The molecule has 0 saturated heterocycles. The summed E-state index contributed by atoms with van der Waals surface area (Å²) in [5.74, 6) is 1.60. The SMILES string of the molecule is Cc1cccc(COc2ccc(C=Nc3cc(-c4ccccc4)nn3-c3ccccc3)cc2)c1. The first-order chi connectivity index (χ1) is 16.7. The standard InChI is InChI=1S/C30H25N3O/c1-23-9-8-10-25(19-23)22-34-28-17-15-24(16-18-28)21-31-30-20-29(26-11-4-2-5-12-26)32-33(30)27-13-6-3-7-14-27/h2-21H,22H2,1H3. The predicted octanol–water partition coefficient (Wildman–Crippen LogP) is 7.18. The second kappa shape index (κ2) is 10.0. The maximum atomic E-state index is 5.94. The highest BCUT2D eigenvalue weighted by molar-refractivity contribution is 5.82. The summed E-state index contributed by atoms with van der Waals surface area (Å²) in [6, 6.07) is 38.5. The largest absolute Gasteiger partial charge is 0.489 e. The number of benzene rings is 4. The van der Waals surface area contributed by atoms with Gasteiger partial charge < -0.3 is 4.74 Å². The third-order valence-electron chi connectivity index (χ3n) is 5.47. The van der Waals surface area contributed by atoms with Crippen molar-refractivity contribution >= 4 is 12.0 Å². The summed E-state index contributed by atoms with van der Waals surface area (Å²) in [6.07, 6.45) is 1.86. The van der Waals surface area contributed by atoms with E-state index in [4.69, 9.17) is 14.8 Å². The van der Waals surface area contributed by atoms with Gasteiger partial charge in [-0.2, -0.15) is 5.10 Å². The van der Waals surface area contributed by atoms with Crippen LogP contribution in [0.25, 0.3) is 16.9 Å². The molecule has 4 heteroatoms. The molecule has 0 atom stereocenters. The van der Waals surface area contributed by atoms with Crippen LogP contribution in [-0.4, -0.2) is 16.0 Å². The van der Waals surface area contributed by atoms with E-state index in [0.29, 0.717) is 6.61 Å². The summed E-state index contributed by atoms with van der Waals surface area (Å²) >= 11 is 0. The zero-order valence-electron chi connectivity index (χ0n) is 19.0. The van der Waals surface area contributed by atoms with Crippen molar-refractivity contribution in [3.8, 4) is 22.7 Å². The van der Waals surface area contributed by atoms with Crippen LogP contribution in [0, 0.1) is 6.92 Å². The maximum Gasteiger partial charge on any atom is 0.156 e. The second-order valence-corrected chi connectivity index (χ2v) is 8.11. The molecule has 34 heavy (non-hydrogen) atoms. The lowest BCUT2D eigenvalue weighted by Crippen LogP contribution is -1.96. The van der Waals surface area contributed by atoms with E-state index in [-0.39, 0.29) is 0 Å². The Morgan fingerprint density at radius 2 is 1.53 bits per heavy atom. The molecule has 0 aliphatic rings. The predicted molar refractivity (Wildman–Crippen MR) is 138 cm³/mol. The van der Waals surface area contributed by atoms with Gasteiger partial charge >= 0.3 is 0 Å². The molecule has 4 nitrogen and oxygen atoms in total. The number of aryl methyl sites for hydroxylation is 1. The van der Waals surface area contributed by atoms with E-state index in [1.54, 1.807) is 0 Å². The van der Waals surface area contributed by atoms with Crippen molar-refractivity contribution in [2.45, 2.75) is 13.5 Å². The summed E-state index contributed by atoms with van der Waals surface area (Å²) < 4.78 is 7.81. The smallest absolute Gasteiger partial charge is 0.156 e. The van der Waals surface area contributed by atoms with Crippen LogP contribution in [0.15, 0.2) is 120 Å². The molecule has 0 saturated carbocycles. The minimum absolute atomic E-state index is 0.549. The summed E-state index contributed by atoms with van der Waals surface area (Å²) in [4.78, 5) is 4.77. The Bertz CT molecular complexity index is 1390. The average Bonchev–Trinajstić information content (AvgIpc) is 3.32. The number of ether oxygens (including phenoxy) is 1. The molecular weight excluding hydrogens is 418 g/mol. The highest BCUT2D eigenvalue weighted by Gasteiger charge is 2.10. The lowest BCUT2D eigenvalue weighted by molar-refractivity contribution is 0.306. The van der Waals surface area contributed by atoms with Gasteiger partial charge in [-0.3, -0.25) is 0 Å². The van der Waals surface area contributed by atoms with Gasteiger partial charge in [-0.05, 0) is 54.4 Å². The minimum Gasteiger partial charge on any atom is -0.489 e. The molecule has 1 heterocycles. The summed E-state index contributed by atoms with van der Waals surface area (Å²) in [7, 11) is 0. The van der Waals surface area contributed by atoms with Crippen molar-refractivity contribution < 1.29 is 4.74 Å². The quantitative estimate of drug-likeness (QED) is 0.250. The number of aromatic nitrogens is 2. The monoisotopic (exact) mass is 443 g/mol. The fraction of sp³-hybridized carbons (Fsp3) is 0.0667. The lowest BCUT2D eigenvalue weighted by Gasteiger charge is -2.07. The Balaban J connectivity index is 1.35. The molecule has 0 unspecified atom stereocenters. The number of aliphatic imine (C=N–C) groups is 1. The van der Waals surface area contributed by atoms with Gasteiger partial charge in [-0.15, -0.1) is 0 Å². The highest BCUT2D eigenvalue weighted by Crippen LogP contribution is 2.26. The molecule has 0 bridgehead atoms. The zero-order valence-corrected chi connectivity index (χ0v) is 19.0. The van der Waals surface area contributed by atoms with Crippen LogP contribution in [-0.2, 0) is 6.61 Å². The Labute approximate surface area is 199 Å². The van der Waals surface area contributed by atoms with E-state index in [1.165, 1.54) is 5.56 Å². The first-order valence-electron chi connectivity index (χ1n) is 11.3. The van der Waals surface area contributed by atoms with Gasteiger partial charge in [0, 0.05) is 17.8 Å².